The summed E-state index contributed by atoms with van der Waals surface area (Å²) < 4.78 is 14.7. The van der Waals surface area contributed by atoms with Crippen LogP contribution in [0.1, 0.15) is 53.4 Å². The van der Waals surface area contributed by atoms with Crippen LogP contribution in [-0.4, -0.2) is 27.7 Å². The molecule has 27 heavy (non-hydrogen) atoms. The van der Waals surface area contributed by atoms with Crippen LogP contribution in [0.4, 0.5) is 4.39 Å². The van der Waals surface area contributed by atoms with E-state index in [0.29, 0.717) is 4.88 Å². The van der Waals surface area contributed by atoms with E-state index in [4.69, 9.17) is 0 Å². The van der Waals surface area contributed by atoms with Crippen LogP contribution in [0.5, 0.6) is 0 Å². The van der Waals surface area contributed by atoms with Crippen molar-refractivity contribution in [3.05, 3.63) is 69.4 Å². The number of nitrogens with zero attached hydrogens (tertiary/aromatic N) is 1. The Hall–Kier alpha value is -2.47. The molecule has 0 spiro atoms. The van der Waals surface area contributed by atoms with E-state index in [9.17, 15) is 19.1 Å². The van der Waals surface area contributed by atoms with Gasteiger partial charge in [-0.15, -0.1) is 11.3 Å². The molecule has 4 rings (SSSR count). The summed E-state index contributed by atoms with van der Waals surface area (Å²) in [6.45, 7) is 0. The number of hydrogen-bond acceptors (Lipinski definition) is 4. The van der Waals surface area contributed by atoms with Gasteiger partial charge in [-0.2, -0.15) is 0 Å². The molecule has 0 radical (unpaired) electrons. The minimum Gasteiger partial charge on any atom is -0.503 e. The third kappa shape index (κ3) is 3.08. The van der Waals surface area contributed by atoms with Crippen molar-refractivity contribution in [2.24, 2.45) is 0 Å². The number of rotatable bonds is 4. The zero-order valence-electron chi connectivity index (χ0n) is 14.7. The van der Waals surface area contributed by atoms with Crippen LogP contribution in [-0.2, 0) is 4.79 Å². The molecule has 2 aromatic rings. The second-order valence-electron chi connectivity index (χ2n) is 7.00. The summed E-state index contributed by atoms with van der Waals surface area (Å²) in [6, 6.07) is 8.56. The van der Waals surface area contributed by atoms with E-state index in [1.165, 1.54) is 22.3 Å². The van der Waals surface area contributed by atoms with Gasteiger partial charge in [-0.3, -0.25) is 9.59 Å². The van der Waals surface area contributed by atoms with E-state index in [1.807, 2.05) is 0 Å². The molecule has 6 heteroatoms. The standard InChI is InChI=1S/C21H20FNO3S/c22-15-10-5-4-9-14(15)18-17(19(24)16-11-6-12-27-16)20(25)21(26)23(18)13-7-2-1-3-8-13/h4-6,9-13,18,25H,1-3,7-8H2. The van der Waals surface area contributed by atoms with Gasteiger partial charge in [0, 0.05) is 11.6 Å². The number of halogens is 1. The van der Waals surface area contributed by atoms with Gasteiger partial charge in [-0.1, -0.05) is 43.5 Å². The van der Waals surface area contributed by atoms with Gasteiger partial charge in [0.2, 0.25) is 5.78 Å². The molecule has 0 saturated heterocycles. The van der Waals surface area contributed by atoms with Crippen molar-refractivity contribution in [3.8, 4) is 0 Å². The minimum absolute atomic E-state index is 0.0156. The van der Waals surface area contributed by atoms with Gasteiger partial charge in [-0.25, -0.2) is 4.39 Å². The summed E-state index contributed by atoms with van der Waals surface area (Å²) in [4.78, 5) is 28.0. The highest BCUT2D eigenvalue weighted by Crippen LogP contribution is 2.43. The van der Waals surface area contributed by atoms with Gasteiger partial charge < -0.3 is 10.0 Å². The van der Waals surface area contributed by atoms with Gasteiger partial charge in [0.25, 0.3) is 5.91 Å². The van der Waals surface area contributed by atoms with Gasteiger partial charge >= 0.3 is 0 Å². The molecule has 1 N–H and O–H groups in total. The highest BCUT2D eigenvalue weighted by atomic mass is 32.1. The van der Waals surface area contributed by atoms with Crippen LogP contribution in [0.15, 0.2) is 53.1 Å². The van der Waals surface area contributed by atoms with Gasteiger partial charge in [0.1, 0.15) is 5.82 Å². The Morgan fingerprint density at radius 1 is 1.11 bits per heavy atom. The number of carbonyl (C=O) groups is 2. The highest BCUT2D eigenvalue weighted by molar-refractivity contribution is 7.12. The first-order valence-electron chi connectivity index (χ1n) is 9.18. The van der Waals surface area contributed by atoms with Crippen LogP contribution >= 0.6 is 11.3 Å². The summed E-state index contributed by atoms with van der Waals surface area (Å²) in [6.07, 6.45) is 4.65. The van der Waals surface area contributed by atoms with Crippen molar-refractivity contribution in [3.63, 3.8) is 0 Å². The summed E-state index contributed by atoms with van der Waals surface area (Å²) >= 11 is 1.24. The molecule has 2 heterocycles. The summed E-state index contributed by atoms with van der Waals surface area (Å²) in [7, 11) is 0. The molecule has 1 aliphatic carbocycles. The fraction of sp³-hybridized carbons (Fsp3) is 0.333. The SMILES string of the molecule is O=C(C1=C(O)C(=O)N(C2CCCCC2)C1c1ccccc1F)c1cccs1. The van der Waals surface area contributed by atoms with Crippen molar-refractivity contribution in [2.45, 2.75) is 44.2 Å². The normalized spacial score (nSPS) is 21.1. The molecule has 1 unspecified atom stereocenters. The van der Waals surface area contributed by atoms with E-state index >= 15 is 0 Å². The second kappa shape index (κ2) is 7.27. The number of aliphatic hydroxyl groups excluding tert-OH is 1. The van der Waals surface area contributed by atoms with Crippen molar-refractivity contribution in [1.82, 2.24) is 4.90 Å². The molecule has 2 aliphatic rings. The Labute approximate surface area is 160 Å². The molecule has 140 valence electrons. The Balaban J connectivity index is 1.83. The second-order valence-corrected chi connectivity index (χ2v) is 7.94. The predicted octanol–water partition coefficient (Wildman–Crippen LogP) is 4.80. The molecule has 1 amide bonds. The average Bonchev–Trinajstić information content (AvgIpc) is 3.30. The first-order chi connectivity index (χ1) is 13.1. The number of benzene rings is 1. The number of thiophene rings is 1. The lowest BCUT2D eigenvalue weighted by atomic mass is 9.90. The van der Waals surface area contributed by atoms with E-state index in [0.717, 1.165) is 32.1 Å². The third-order valence-corrected chi connectivity index (χ3v) is 6.27. The smallest absolute Gasteiger partial charge is 0.290 e. The van der Waals surface area contributed by atoms with Crippen LogP contribution in [0.25, 0.3) is 0 Å². The maximum Gasteiger partial charge on any atom is 0.290 e. The monoisotopic (exact) mass is 385 g/mol. The largest absolute Gasteiger partial charge is 0.503 e. The first-order valence-corrected chi connectivity index (χ1v) is 10.1. The molecule has 0 bridgehead atoms. The molecule has 1 aliphatic heterocycles. The lowest BCUT2D eigenvalue weighted by molar-refractivity contribution is -0.132. The van der Waals surface area contributed by atoms with E-state index in [-0.39, 0.29) is 17.2 Å². The molecule has 1 aromatic heterocycles. The van der Waals surface area contributed by atoms with Crippen molar-refractivity contribution in [1.29, 1.82) is 0 Å². The molecular weight excluding hydrogens is 365 g/mol. The fourth-order valence-electron chi connectivity index (χ4n) is 4.13. The van der Waals surface area contributed by atoms with Gasteiger partial charge in [-0.05, 0) is 30.4 Å². The topological polar surface area (TPSA) is 57.6 Å². The number of amides is 1. The van der Waals surface area contributed by atoms with Crippen LogP contribution in [0.3, 0.4) is 0 Å². The molecule has 1 aromatic carbocycles. The zero-order chi connectivity index (χ0) is 19.0. The van der Waals surface area contributed by atoms with E-state index in [2.05, 4.69) is 0 Å². The Morgan fingerprint density at radius 3 is 2.52 bits per heavy atom. The summed E-state index contributed by atoms with van der Waals surface area (Å²) in [5.74, 6) is -2.02. The number of Topliss-reactive ketones (excluding diaryl/α,β-unsaturated/α-hetero) is 1. The molecule has 1 saturated carbocycles. The van der Waals surface area contributed by atoms with Gasteiger partial charge in [0.15, 0.2) is 5.76 Å². The molecule has 4 nitrogen and oxygen atoms in total. The molecular formula is C21H20FNO3S. The maximum atomic E-state index is 14.7. The maximum absolute atomic E-state index is 14.7. The van der Waals surface area contributed by atoms with Crippen LogP contribution < -0.4 is 0 Å². The van der Waals surface area contributed by atoms with Crippen LogP contribution in [0.2, 0.25) is 0 Å². The Bertz CT molecular complexity index is 900. The number of aliphatic hydroxyl groups is 1. The van der Waals surface area contributed by atoms with Crippen molar-refractivity contribution >= 4 is 23.0 Å². The highest BCUT2D eigenvalue weighted by Gasteiger charge is 2.47. The van der Waals surface area contributed by atoms with Crippen molar-refractivity contribution < 1.29 is 19.1 Å². The van der Waals surface area contributed by atoms with E-state index in [1.54, 1.807) is 35.7 Å². The summed E-state index contributed by atoms with van der Waals surface area (Å²) in [5.41, 5.74) is 0.235. The van der Waals surface area contributed by atoms with Crippen LogP contribution in [0, 0.1) is 5.82 Å². The van der Waals surface area contributed by atoms with Gasteiger partial charge in [0.05, 0.1) is 16.5 Å². The van der Waals surface area contributed by atoms with Crippen molar-refractivity contribution in [2.75, 3.05) is 0 Å². The molecule has 1 fully saturated rings. The minimum atomic E-state index is -0.892. The Kier molecular flexibility index (Phi) is 4.83. The number of carbonyl (C=O) groups excluding carboxylic acids is 2. The molecule has 1 atom stereocenters. The summed E-state index contributed by atoms with van der Waals surface area (Å²) in [5, 5.41) is 12.4. The fourth-order valence-corrected chi connectivity index (χ4v) is 4.81. The van der Waals surface area contributed by atoms with E-state index < -0.39 is 29.3 Å². The predicted molar refractivity (Wildman–Crippen MR) is 101 cm³/mol. The number of ketones is 1. The first kappa shape index (κ1) is 17.9. The average molecular weight is 385 g/mol. The lowest BCUT2D eigenvalue weighted by Gasteiger charge is -2.36. The number of hydrogen-bond donors (Lipinski definition) is 1. The third-order valence-electron chi connectivity index (χ3n) is 5.40. The Morgan fingerprint density at radius 2 is 1.85 bits per heavy atom. The zero-order valence-corrected chi connectivity index (χ0v) is 15.5. The lowest BCUT2D eigenvalue weighted by Crippen LogP contribution is -2.41. The quantitative estimate of drug-likeness (QED) is 0.769.